The van der Waals surface area contributed by atoms with E-state index in [9.17, 15) is 14.9 Å². The summed E-state index contributed by atoms with van der Waals surface area (Å²) in [5.74, 6) is -0.0518. The van der Waals surface area contributed by atoms with Gasteiger partial charge in [0.05, 0.1) is 4.92 Å². The molecule has 0 spiro atoms. The number of amides is 1. The summed E-state index contributed by atoms with van der Waals surface area (Å²) < 4.78 is 5.44. The largest absolute Gasteiger partial charge is 0.481 e. The average molecular weight is 355 g/mol. The number of carbonyl (C=O) groups is 1. The number of nitro groups is 1. The van der Waals surface area contributed by atoms with Crippen molar-refractivity contribution in [1.82, 2.24) is 0 Å². The van der Waals surface area contributed by atoms with Gasteiger partial charge >= 0.3 is 0 Å². The van der Waals surface area contributed by atoms with Crippen LogP contribution in [-0.2, 0) is 4.79 Å². The van der Waals surface area contributed by atoms with Crippen LogP contribution in [0.25, 0.3) is 0 Å². The number of nitro benzene ring substituents is 1. The van der Waals surface area contributed by atoms with Crippen molar-refractivity contribution in [2.45, 2.75) is 13.0 Å². The van der Waals surface area contributed by atoms with Crippen molar-refractivity contribution >= 4 is 40.5 Å². The molecule has 0 aromatic heterocycles. The number of ether oxygens (including phenoxy) is 1. The first-order valence-corrected chi connectivity index (χ1v) is 7.29. The zero-order chi connectivity index (χ0) is 17.0. The molecule has 0 fully saturated rings. The number of nitrogens with one attached hydrogen (secondary N) is 1. The Bertz CT molecular complexity index is 715. The molecule has 120 valence electrons. The molecule has 0 aliphatic rings. The number of nitrogens with zero attached hydrogens (tertiary/aromatic N) is 1. The van der Waals surface area contributed by atoms with Gasteiger partial charge in [-0.2, -0.15) is 0 Å². The second kappa shape index (κ2) is 7.30. The number of hydrogen-bond donors (Lipinski definition) is 1. The SMILES string of the molecule is C[C@H](Oc1ccc([N+](=O)[O-])cc1)C(=O)Nc1cc(Cl)cc(Cl)c1. The van der Waals surface area contributed by atoms with Crippen molar-refractivity contribution in [1.29, 1.82) is 0 Å². The molecule has 23 heavy (non-hydrogen) atoms. The van der Waals surface area contributed by atoms with E-state index in [4.69, 9.17) is 27.9 Å². The summed E-state index contributed by atoms with van der Waals surface area (Å²) in [6.45, 7) is 1.56. The minimum atomic E-state index is -0.811. The molecule has 2 aromatic rings. The van der Waals surface area contributed by atoms with Crippen LogP contribution in [0.2, 0.25) is 10.0 Å². The lowest BCUT2D eigenvalue weighted by Gasteiger charge is -2.15. The molecule has 0 radical (unpaired) electrons. The molecular weight excluding hydrogens is 343 g/mol. The molecule has 0 bridgehead atoms. The van der Waals surface area contributed by atoms with Crippen LogP contribution in [0.15, 0.2) is 42.5 Å². The van der Waals surface area contributed by atoms with E-state index in [0.29, 0.717) is 21.5 Å². The van der Waals surface area contributed by atoms with Crippen molar-refractivity contribution in [3.8, 4) is 5.75 Å². The smallest absolute Gasteiger partial charge is 0.269 e. The van der Waals surface area contributed by atoms with Gasteiger partial charge in [0.15, 0.2) is 6.10 Å². The first kappa shape index (κ1) is 17.1. The van der Waals surface area contributed by atoms with E-state index in [0.717, 1.165) is 0 Å². The summed E-state index contributed by atoms with van der Waals surface area (Å²) in [6.07, 6.45) is -0.811. The number of hydrogen-bond acceptors (Lipinski definition) is 4. The predicted octanol–water partition coefficient (Wildman–Crippen LogP) is 4.31. The number of rotatable bonds is 5. The number of non-ortho nitro benzene ring substituents is 1. The first-order chi connectivity index (χ1) is 10.8. The lowest BCUT2D eigenvalue weighted by atomic mass is 10.3. The van der Waals surface area contributed by atoms with E-state index in [2.05, 4.69) is 5.32 Å². The monoisotopic (exact) mass is 354 g/mol. The fourth-order valence-electron chi connectivity index (χ4n) is 1.77. The highest BCUT2D eigenvalue weighted by molar-refractivity contribution is 6.35. The topological polar surface area (TPSA) is 81.5 Å². The van der Waals surface area contributed by atoms with Crippen LogP contribution in [0.4, 0.5) is 11.4 Å². The maximum atomic E-state index is 12.1. The highest BCUT2D eigenvalue weighted by Gasteiger charge is 2.16. The van der Waals surface area contributed by atoms with Gasteiger partial charge in [0.1, 0.15) is 5.75 Å². The standard InChI is InChI=1S/C15H12Cl2N2O4/c1-9(23-14-4-2-13(3-5-14)19(21)22)15(20)18-12-7-10(16)6-11(17)8-12/h2-9H,1H3,(H,18,20)/t9-/m0/s1. The molecule has 0 unspecified atom stereocenters. The quantitative estimate of drug-likeness (QED) is 0.640. The molecule has 1 N–H and O–H groups in total. The number of anilines is 1. The average Bonchev–Trinajstić information content (AvgIpc) is 2.46. The van der Waals surface area contributed by atoms with Crippen molar-refractivity contribution in [2.24, 2.45) is 0 Å². The van der Waals surface area contributed by atoms with Crippen LogP contribution in [0.3, 0.4) is 0 Å². The molecule has 2 rings (SSSR count). The summed E-state index contributed by atoms with van der Waals surface area (Å²) in [5.41, 5.74) is 0.398. The van der Waals surface area contributed by atoms with E-state index in [1.807, 2.05) is 0 Å². The molecule has 2 aromatic carbocycles. The van der Waals surface area contributed by atoms with Gasteiger partial charge in [-0.15, -0.1) is 0 Å². The maximum absolute atomic E-state index is 12.1. The van der Waals surface area contributed by atoms with E-state index in [1.54, 1.807) is 25.1 Å². The van der Waals surface area contributed by atoms with Gasteiger partial charge < -0.3 is 10.1 Å². The predicted molar refractivity (Wildman–Crippen MR) is 88.3 cm³/mol. The summed E-state index contributed by atoms with van der Waals surface area (Å²) >= 11 is 11.7. The van der Waals surface area contributed by atoms with Crippen LogP contribution in [0.5, 0.6) is 5.75 Å². The molecular formula is C15H12Cl2N2O4. The van der Waals surface area contributed by atoms with Gasteiger partial charge in [0.2, 0.25) is 0 Å². The Kier molecular flexibility index (Phi) is 5.41. The molecule has 0 saturated heterocycles. The van der Waals surface area contributed by atoms with Gasteiger partial charge in [-0.05, 0) is 37.3 Å². The van der Waals surface area contributed by atoms with E-state index < -0.39 is 16.9 Å². The third-order valence-corrected chi connectivity index (χ3v) is 3.30. The summed E-state index contributed by atoms with van der Waals surface area (Å²) in [7, 11) is 0. The Labute approximate surface area is 142 Å². The maximum Gasteiger partial charge on any atom is 0.269 e. The zero-order valence-electron chi connectivity index (χ0n) is 12.0. The second-order valence-electron chi connectivity index (χ2n) is 4.66. The Balaban J connectivity index is 2.00. The van der Waals surface area contributed by atoms with Crippen LogP contribution in [0, 0.1) is 10.1 Å². The Morgan fingerprint density at radius 2 is 1.74 bits per heavy atom. The van der Waals surface area contributed by atoms with Gasteiger partial charge in [0.25, 0.3) is 11.6 Å². The molecule has 6 nitrogen and oxygen atoms in total. The lowest BCUT2D eigenvalue weighted by molar-refractivity contribution is -0.384. The van der Waals surface area contributed by atoms with E-state index >= 15 is 0 Å². The highest BCUT2D eigenvalue weighted by Crippen LogP contribution is 2.23. The molecule has 0 aliphatic carbocycles. The lowest BCUT2D eigenvalue weighted by Crippen LogP contribution is -2.30. The minimum absolute atomic E-state index is 0.0528. The third-order valence-electron chi connectivity index (χ3n) is 2.86. The second-order valence-corrected chi connectivity index (χ2v) is 5.53. The minimum Gasteiger partial charge on any atom is -0.481 e. The number of halogens is 2. The number of carbonyl (C=O) groups excluding carboxylic acids is 1. The Morgan fingerprint density at radius 3 is 2.26 bits per heavy atom. The molecule has 1 amide bonds. The van der Waals surface area contributed by atoms with Crippen molar-refractivity contribution < 1.29 is 14.5 Å². The first-order valence-electron chi connectivity index (χ1n) is 6.53. The normalized spacial score (nSPS) is 11.6. The van der Waals surface area contributed by atoms with Crippen LogP contribution in [0.1, 0.15) is 6.92 Å². The molecule has 0 aliphatic heterocycles. The molecule has 8 heteroatoms. The van der Waals surface area contributed by atoms with Crippen LogP contribution < -0.4 is 10.1 Å². The third kappa shape index (κ3) is 4.84. The van der Waals surface area contributed by atoms with Crippen LogP contribution >= 0.6 is 23.2 Å². The highest BCUT2D eigenvalue weighted by atomic mass is 35.5. The molecule has 1 atom stereocenters. The molecule has 0 heterocycles. The Morgan fingerprint density at radius 1 is 1.17 bits per heavy atom. The van der Waals surface area contributed by atoms with Gasteiger partial charge in [-0.1, -0.05) is 23.2 Å². The summed E-state index contributed by atoms with van der Waals surface area (Å²) in [5, 5.41) is 14.0. The zero-order valence-corrected chi connectivity index (χ0v) is 13.5. The van der Waals surface area contributed by atoms with Gasteiger partial charge in [-0.25, -0.2) is 0 Å². The van der Waals surface area contributed by atoms with E-state index in [-0.39, 0.29) is 5.69 Å². The van der Waals surface area contributed by atoms with Crippen LogP contribution in [-0.4, -0.2) is 16.9 Å². The Hall–Kier alpha value is -2.31. The van der Waals surface area contributed by atoms with Crippen molar-refractivity contribution in [2.75, 3.05) is 5.32 Å². The number of benzene rings is 2. The van der Waals surface area contributed by atoms with Gasteiger partial charge in [-0.3, -0.25) is 14.9 Å². The molecule has 0 saturated carbocycles. The van der Waals surface area contributed by atoms with Crippen molar-refractivity contribution in [3.05, 3.63) is 62.6 Å². The fraction of sp³-hybridized carbons (Fsp3) is 0.133. The summed E-state index contributed by atoms with van der Waals surface area (Å²) in [4.78, 5) is 22.2. The fourth-order valence-corrected chi connectivity index (χ4v) is 2.30. The summed E-state index contributed by atoms with van der Waals surface area (Å²) in [6, 6.07) is 10.1. The van der Waals surface area contributed by atoms with Crippen molar-refractivity contribution in [3.63, 3.8) is 0 Å². The van der Waals surface area contributed by atoms with Gasteiger partial charge in [0, 0.05) is 27.9 Å². The van der Waals surface area contributed by atoms with E-state index in [1.165, 1.54) is 24.3 Å².